The minimum Gasteiger partial charge on any atom is -0.301 e. The number of benzene rings is 1. The third-order valence-corrected chi connectivity index (χ3v) is 8.82. The molecule has 2 amide bonds. The van der Waals surface area contributed by atoms with Gasteiger partial charge in [0.1, 0.15) is 0 Å². The van der Waals surface area contributed by atoms with E-state index in [1.54, 1.807) is 30.3 Å². The largest absolute Gasteiger partial charge is 0.301 e. The minimum absolute atomic E-state index is 0.0930. The Labute approximate surface area is 179 Å². The molecule has 0 bridgehead atoms. The molecule has 3 saturated heterocycles. The van der Waals surface area contributed by atoms with E-state index >= 15 is 0 Å². The zero-order chi connectivity index (χ0) is 21.5. The van der Waals surface area contributed by atoms with Gasteiger partial charge >= 0.3 is 0 Å². The SMILES string of the molecule is CC(C)N1CCC(CCN2C(=O)[C@H]3CN(S(=O)(=O)c4ccccc4)C[C@H]3C2=O)CC1. The fourth-order valence-corrected chi connectivity index (χ4v) is 6.52. The van der Waals surface area contributed by atoms with Crippen LogP contribution in [0.15, 0.2) is 35.2 Å². The van der Waals surface area contributed by atoms with Gasteiger partial charge in [0.2, 0.25) is 21.8 Å². The molecule has 2 atom stereocenters. The highest BCUT2D eigenvalue weighted by Gasteiger charge is 2.54. The lowest BCUT2D eigenvalue weighted by molar-refractivity contribution is -0.140. The molecule has 0 aromatic heterocycles. The van der Waals surface area contributed by atoms with Crippen LogP contribution in [0.3, 0.4) is 0 Å². The van der Waals surface area contributed by atoms with E-state index in [9.17, 15) is 18.0 Å². The molecule has 0 aliphatic carbocycles. The van der Waals surface area contributed by atoms with Crippen LogP contribution in [-0.4, -0.2) is 73.1 Å². The van der Waals surface area contributed by atoms with E-state index in [0.29, 0.717) is 18.5 Å². The monoisotopic (exact) mass is 433 g/mol. The number of hydrogen-bond donors (Lipinski definition) is 0. The van der Waals surface area contributed by atoms with Crippen LogP contribution < -0.4 is 0 Å². The van der Waals surface area contributed by atoms with Crippen molar-refractivity contribution in [3.05, 3.63) is 30.3 Å². The number of nitrogens with zero attached hydrogens (tertiary/aromatic N) is 3. The number of rotatable bonds is 6. The van der Waals surface area contributed by atoms with E-state index < -0.39 is 21.9 Å². The predicted molar refractivity (Wildman–Crippen MR) is 113 cm³/mol. The first-order valence-electron chi connectivity index (χ1n) is 10.9. The van der Waals surface area contributed by atoms with Crippen LogP contribution in [0.5, 0.6) is 0 Å². The third-order valence-electron chi connectivity index (χ3n) is 6.97. The highest BCUT2D eigenvalue weighted by Crippen LogP contribution is 2.36. The second kappa shape index (κ2) is 8.40. The van der Waals surface area contributed by atoms with Crippen LogP contribution >= 0.6 is 0 Å². The molecule has 0 saturated carbocycles. The number of imide groups is 1. The fraction of sp³-hybridized carbons (Fsp3) is 0.636. The Hall–Kier alpha value is -1.77. The van der Waals surface area contributed by atoms with Crippen LogP contribution in [0.25, 0.3) is 0 Å². The molecule has 7 nitrogen and oxygen atoms in total. The summed E-state index contributed by atoms with van der Waals surface area (Å²) in [6.07, 6.45) is 3.05. The molecule has 0 radical (unpaired) electrons. The summed E-state index contributed by atoms with van der Waals surface area (Å²) >= 11 is 0. The molecule has 3 heterocycles. The van der Waals surface area contributed by atoms with E-state index in [0.717, 1.165) is 32.4 Å². The van der Waals surface area contributed by atoms with Gasteiger partial charge in [-0.05, 0) is 64.3 Å². The summed E-state index contributed by atoms with van der Waals surface area (Å²) in [6.45, 7) is 7.21. The van der Waals surface area contributed by atoms with Gasteiger partial charge in [0.25, 0.3) is 0 Å². The maximum atomic E-state index is 12.9. The molecule has 4 rings (SSSR count). The molecule has 0 spiro atoms. The van der Waals surface area contributed by atoms with Crippen molar-refractivity contribution in [3.8, 4) is 0 Å². The van der Waals surface area contributed by atoms with Gasteiger partial charge in [-0.2, -0.15) is 4.31 Å². The topological polar surface area (TPSA) is 78.0 Å². The number of carbonyl (C=O) groups excluding carboxylic acids is 2. The third kappa shape index (κ3) is 3.92. The standard InChI is InChI=1S/C22H31N3O4S/c1-16(2)23-11-8-17(9-12-23)10-13-25-21(26)19-14-24(15-20(19)22(25)27)30(28,29)18-6-4-3-5-7-18/h3-7,16-17,19-20H,8-15H2,1-2H3/t19-,20+. The Morgan fingerprint density at radius 3 is 2.07 bits per heavy atom. The van der Waals surface area contributed by atoms with Crippen molar-refractivity contribution in [1.82, 2.24) is 14.1 Å². The zero-order valence-corrected chi connectivity index (χ0v) is 18.6. The molecular formula is C22H31N3O4S. The zero-order valence-electron chi connectivity index (χ0n) is 17.7. The molecule has 30 heavy (non-hydrogen) atoms. The molecule has 1 aromatic rings. The van der Waals surface area contributed by atoms with Crippen molar-refractivity contribution in [2.24, 2.45) is 17.8 Å². The van der Waals surface area contributed by atoms with Gasteiger partial charge < -0.3 is 4.90 Å². The fourth-order valence-electron chi connectivity index (χ4n) is 5.00. The minimum atomic E-state index is -3.68. The van der Waals surface area contributed by atoms with Gasteiger partial charge in [-0.15, -0.1) is 0 Å². The molecule has 0 N–H and O–H groups in total. The summed E-state index contributed by atoms with van der Waals surface area (Å²) in [6, 6.07) is 8.76. The summed E-state index contributed by atoms with van der Waals surface area (Å²) in [4.78, 5) is 29.9. The quantitative estimate of drug-likeness (QED) is 0.640. The second-order valence-electron chi connectivity index (χ2n) is 9.04. The van der Waals surface area contributed by atoms with Crippen LogP contribution in [0, 0.1) is 17.8 Å². The molecule has 3 aliphatic rings. The van der Waals surface area contributed by atoms with Gasteiger partial charge in [0, 0.05) is 25.7 Å². The van der Waals surface area contributed by atoms with Gasteiger partial charge in [0.15, 0.2) is 0 Å². The van der Waals surface area contributed by atoms with E-state index in [4.69, 9.17) is 0 Å². The average Bonchev–Trinajstić information content (AvgIpc) is 3.28. The molecular weight excluding hydrogens is 402 g/mol. The van der Waals surface area contributed by atoms with Crippen molar-refractivity contribution in [1.29, 1.82) is 0 Å². The number of carbonyl (C=O) groups is 2. The predicted octanol–water partition coefficient (Wildman–Crippen LogP) is 1.80. The van der Waals surface area contributed by atoms with Crippen molar-refractivity contribution < 1.29 is 18.0 Å². The highest BCUT2D eigenvalue weighted by molar-refractivity contribution is 7.89. The summed E-state index contributed by atoms with van der Waals surface area (Å²) in [5.74, 6) is -0.945. The first-order valence-corrected chi connectivity index (χ1v) is 12.4. The number of sulfonamides is 1. The van der Waals surface area contributed by atoms with Crippen LogP contribution in [0.4, 0.5) is 0 Å². The van der Waals surface area contributed by atoms with Gasteiger partial charge in [-0.3, -0.25) is 14.5 Å². The number of piperidine rings is 1. The molecule has 3 aliphatic heterocycles. The Bertz CT molecular complexity index is 870. The highest BCUT2D eigenvalue weighted by atomic mass is 32.2. The summed E-state index contributed by atoms with van der Waals surface area (Å²) in [5, 5.41) is 0. The van der Waals surface area contributed by atoms with Crippen LogP contribution in [0.1, 0.15) is 33.1 Å². The lowest BCUT2D eigenvalue weighted by Gasteiger charge is -2.35. The summed E-state index contributed by atoms with van der Waals surface area (Å²) in [7, 11) is -3.68. The lowest BCUT2D eigenvalue weighted by atomic mass is 9.92. The maximum absolute atomic E-state index is 12.9. The first-order chi connectivity index (χ1) is 14.3. The van der Waals surface area contributed by atoms with Gasteiger partial charge in [-0.25, -0.2) is 8.42 Å². The Morgan fingerprint density at radius 2 is 1.53 bits per heavy atom. The Morgan fingerprint density at radius 1 is 0.967 bits per heavy atom. The summed E-state index contributed by atoms with van der Waals surface area (Å²) < 4.78 is 27.0. The Kier molecular flexibility index (Phi) is 6.01. The number of fused-ring (bicyclic) bond motifs is 1. The van der Waals surface area contributed by atoms with Gasteiger partial charge in [-0.1, -0.05) is 18.2 Å². The first kappa shape index (κ1) is 21.5. The molecule has 0 unspecified atom stereocenters. The number of hydrogen-bond acceptors (Lipinski definition) is 5. The number of likely N-dealkylation sites (tertiary alicyclic amines) is 2. The maximum Gasteiger partial charge on any atom is 0.243 e. The van der Waals surface area contributed by atoms with Crippen molar-refractivity contribution in [3.63, 3.8) is 0 Å². The second-order valence-corrected chi connectivity index (χ2v) is 11.0. The molecule has 8 heteroatoms. The lowest BCUT2D eigenvalue weighted by Crippen LogP contribution is -2.41. The van der Waals surface area contributed by atoms with E-state index in [2.05, 4.69) is 18.7 Å². The van der Waals surface area contributed by atoms with E-state index in [1.165, 1.54) is 9.21 Å². The molecule has 3 fully saturated rings. The van der Waals surface area contributed by atoms with E-state index in [1.807, 2.05) is 0 Å². The number of amides is 2. The smallest absolute Gasteiger partial charge is 0.243 e. The normalized spacial score (nSPS) is 26.7. The van der Waals surface area contributed by atoms with Crippen molar-refractivity contribution in [2.45, 2.75) is 44.0 Å². The van der Waals surface area contributed by atoms with Crippen LogP contribution in [0.2, 0.25) is 0 Å². The molecule has 164 valence electrons. The van der Waals surface area contributed by atoms with Crippen molar-refractivity contribution in [2.75, 3.05) is 32.7 Å². The Balaban J connectivity index is 1.35. The van der Waals surface area contributed by atoms with Gasteiger partial charge in [0.05, 0.1) is 16.7 Å². The average molecular weight is 434 g/mol. The summed E-state index contributed by atoms with van der Waals surface area (Å²) in [5.41, 5.74) is 0. The van der Waals surface area contributed by atoms with E-state index in [-0.39, 0.29) is 29.8 Å². The molecule has 1 aromatic carbocycles. The van der Waals surface area contributed by atoms with Crippen molar-refractivity contribution >= 4 is 21.8 Å². The van der Waals surface area contributed by atoms with Crippen LogP contribution in [-0.2, 0) is 19.6 Å².